The average molecular weight is 314 g/mol. The van der Waals surface area contributed by atoms with Crippen LogP contribution in [0.25, 0.3) is 5.00 Å². The van der Waals surface area contributed by atoms with E-state index in [0.717, 1.165) is 28.0 Å². The van der Waals surface area contributed by atoms with Crippen molar-refractivity contribution < 1.29 is 4.79 Å². The first-order chi connectivity index (χ1) is 10.6. The minimum atomic E-state index is 0.120. The summed E-state index contributed by atoms with van der Waals surface area (Å²) in [7, 11) is 0. The van der Waals surface area contributed by atoms with Gasteiger partial charge in [0.25, 0.3) is 5.91 Å². The monoisotopic (exact) mass is 314 g/mol. The molecule has 4 rings (SSSR count). The van der Waals surface area contributed by atoms with Gasteiger partial charge in [0.15, 0.2) is 0 Å². The highest BCUT2D eigenvalue weighted by atomic mass is 32.1. The van der Waals surface area contributed by atoms with Gasteiger partial charge in [-0.05, 0) is 69.1 Å². The van der Waals surface area contributed by atoms with E-state index in [1.54, 1.807) is 11.3 Å². The van der Waals surface area contributed by atoms with Gasteiger partial charge in [0.1, 0.15) is 5.00 Å². The van der Waals surface area contributed by atoms with Crippen LogP contribution in [0.3, 0.4) is 0 Å². The average Bonchev–Trinajstić information content (AvgIpc) is 3.42. The zero-order valence-electron chi connectivity index (χ0n) is 13.1. The Hall–Kier alpha value is -1.55. The third-order valence-electron chi connectivity index (χ3n) is 4.99. The van der Waals surface area contributed by atoms with Crippen LogP contribution in [-0.2, 0) is 0 Å². The molecule has 2 fully saturated rings. The topological polar surface area (TPSA) is 34.0 Å². The van der Waals surface area contributed by atoms with E-state index < -0.39 is 0 Å². The van der Waals surface area contributed by atoms with Crippen LogP contribution in [0, 0.1) is 25.7 Å². The number of carbonyl (C=O) groups is 1. The van der Waals surface area contributed by atoms with E-state index >= 15 is 0 Å². The molecule has 0 unspecified atom stereocenters. The van der Waals surface area contributed by atoms with E-state index in [0.29, 0.717) is 6.04 Å². The molecule has 1 amide bonds. The Labute approximate surface area is 135 Å². The molecule has 4 heteroatoms. The molecule has 0 aromatic carbocycles. The normalized spacial score (nSPS) is 18.0. The summed E-state index contributed by atoms with van der Waals surface area (Å²) in [6.45, 7) is 4.17. The lowest BCUT2D eigenvalue weighted by atomic mass is 10.1. The van der Waals surface area contributed by atoms with Gasteiger partial charge in [-0.15, -0.1) is 11.3 Å². The zero-order valence-corrected chi connectivity index (χ0v) is 14.0. The van der Waals surface area contributed by atoms with Crippen LogP contribution in [0.2, 0.25) is 0 Å². The predicted octanol–water partition coefficient (Wildman–Crippen LogP) is 4.07. The number of carbonyl (C=O) groups excluding carboxylic acids is 1. The van der Waals surface area contributed by atoms with Crippen LogP contribution in [0.15, 0.2) is 24.5 Å². The van der Waals surface area contributed by atoms with E-state index in [1.807, 2.05) is 24.5 Å². The molecule has 2 aromatic heterocycles. The molecule has 2 aromatic rings. The quantitative estimate of drug-likeness (QED) is 0.886. The van der Waals surface area contributed by atoms with E-state index in [9.17, 15) is 4.79 Å². The second-order valence-corrected chi connectivity index (χ2v) is 7.93. The van der Waals surface area contributed by atoms with Gasteiger partial charge < -0.3 is 9.88 Å². The highest BCUT2D eigenvalue weighted by Crippen LogP contribution is 2.44. The number of amides is 1. The van der Waals surface area contributed by atoms with Gasteiger partial charge in [-0.2, -0.15) is 0 Å². The van der Waals surface area contributed by atoms with Gasteiger partial charge in [-0.25, -0.2) is 0 Å². The van der Waals surface area contributed by atoms with Crippen molar-refractivity contribution in [1.82, 2.24) is 9.88 Å². The molecule has 2 saturated carbocycles. The minimum absolute atomic E-state index is 0.120. The van der Waals surface area contributed by atoms with Crippen molar-refractivity contribution in [1.29, 1.82) is 0 Å². The second-order valence-electron chi connectivity index (χ2n) is 6.73. The Bertz CT molecular complexity index is 681. The number of nitrogens with zero attached hydrogens (tertiary/aromatic N) is 1. The fourth-order valence-corrected chi connectivity index (χ4v) is 4.40. The number of hydrogen-bond acceptors (Lipinski definition) is 2. The minimum Gasteiger partial charge on any atom is -0.349 e. The van der Waals surface area contributed by atoms with Crippen LogP contribution in [-0.4, -0.2) is 16.5 Å². The fourth-order valence-electron chi connectivity index (χ4n) is 3.28. The molecule has 22 heavy (non-hydrogen) atoms. The van der Waals surface area contributed by atoms with Gasteiger partial charge >= 0.3 is 0 Å². The summed E-state index contributed by atoms with van der Waals surface area (Å²) in [5.74, 6) is 1.58. The first kappa shape index (κ1) is 14.1. The van der Waals surface area contributed by atoms with E-state index in [2.05, 4.69) is 23.7 Å². The molecule has 2 aliphatic rings. The lowest BCUT2D eigenvalue weighted by Gasteiger charge is -2.18. The van der Waals surface area contributed by atoms with Gasteiger partial charge in [-0.1, -0.05) is 0 Å². The molecule has 2 heterocycles. The highest BCUT2D eigenvalue weighted by Gasteiger charge is 2.42. The Morgan fingerprint density at radius 2 is 1.77 bits per heavy atom. The number of hydrogen-bond donors (Lipinski definition) is 1. The Morgan fingerprint density at radius 3 is 2.32 bits per heavy atom. The summed E-state index contributed by atoms with van der Waals surface area (Å²) in [5, 5.41) is 4.41. The maximum atomic E-state index is 13.0. The molecule has 0 spiro atoms. The number of aromatic nitrogens is 1. The van der Waals surface area contributed by atoms with Crippen molar-refractivity contribution in [2.75, 3.05) is 0 Å². The summed E-state index contributed by atoms with van der Waals surface area (Å²) in [6.07, 6.45) is 9.17. The number of rotatable bonds is 5. The van der Waals surface area contributed by atoms with Gasteiger partial charge in [-0.3, -0.25) is 4.79 Å². The third kappa shape index (κ3) is 2.50. The molecule has 0 atom stereocenters. The smallest absolute Gasteiger partial charge is 0.254 e. The van der Waals surface area contributed by atoms with Crippen molar-refractivity contribution in [3.05, 3.63) is 40.5 Å². The van der Waals surface area contributed by atoms with Crippen molar-refractivity contribution in [2.24, 2.45) is 11.8 Å². The first-order valence-electron chi connectivity index (χ1n) is 8.19. The van der Waals surface area contributed by atoms with Crippen LogP contribution in [0.4, 0.5) is 0 Å². The summed E-state index contributed by atoms with van der Waals surface area (Å²) >= 11 is 1.70. The molecule has 1 N–H and O–H groups in total. The highest BCUT2D eigenvalue weighted by molar-refractivity contribution is 7.15. The fraction of sp³-hybridized carbons (Fsp3) is 0.500. The lowest BCUT2D eigenvalue weighted by Crippen LogP contribution is -2.38. The standard InChI is InChI=1S/C18H22N2OS/c1-11-12(2)22-18(20-9-3-4-10-20)15(11)17(21)19-16(13-5-6-13)14-7-8-14/h3-4,9-10,13-14,16H,5-8H2,1-2H3,(H,19,21). The summed E-state index contributed by atoms with van der Waals surface area (Å²) < 4.78 is 2.06. The number of aryl methyl sites for hydroxylation is 1. The summed E-state index contributed by atoms with van der Waals surface area (Å²) in [5.41, 5.74) is 1.99. The molecule has 0 radical (unpaired) electrons. The van der Waals surface area contributed by atoms with Crippen molar-refractivity contribution >= 4 is 17.2 Å². The molecular formula is C18H22N2OS. The molecule has 3 nitrogen and oxygen atoms in total. The van der Waals surface area contributed by atoms with Crippen LogP contribution < -0.4 is 5.32 Å². The predicted molar refractivity (Wildman–Crippen MR) is 89.8 cm³/mol. The molecule has 0 bridgehead atoms. The summed E-state index contributed by atoms with van der Waals surface area (Å²) in [4.78, 5) is 14.2. The third-order valence-corrected chi connectivity index (χ3v) is 6.21. The van der Waals surface area contributed by atoms with Crippen molar-refractivity contribution in [3.8, 4) is 5.00 Å². The van der Waals surface area contributed by atoms with Gasteiger partial charge in [0.05, 0.1) is 5.56 Å². The van der Waals surface area contributed by atoms with Gasteiger partial charge in [0.2, 0.25) is 0 Å². The van der Waals surface area contributed by atoms with Crippen LogP contribution in [0.1, 0.15) is 46.5 Å². The van der Waals surface area contributed by atoms with Crippen molar-refractivity contribution in [3.63, 3.8) is 0 Å². The van der Waals surface area contributed by atoms with E-state index in [1.165, 1.54) is 30.6 Å². The molecule has 2 aliphatic carbocycles. The largest absolute Gasteiger partial charge is 0.349 e. The maximum Gasteiger partial charge on any atom is 0.254 e. The second kappa shape index (κ2) is 5.27. The number of thiophene rings is 1. The first-order valence-corrected chi connectivity index (χ1v) is 9.01. The van der Waals surface area contributed by atoms with Crippen LogP contribution in [0.5, 0.6) is 0 Å². The Balaban J connectivity index is 1.64. The zero-order chi connectivity index (χ0) is 15.3. The molecule has 0 saturated heterocycles. The molecular weight excluding hydrogens is 292 g/mol. The van der Waals surface area contributed by atoms with E-state index in [-0.39, 0.29) is 5.91 Å². The van der Waals surface area contributed by atoms with Crippen molar-refractivity contribution in [2.45, 2.75) is 45.6 Å². The van der Waals surface area contributed by atoms with Gasteiger partial charge in [0, 0.05) is 23.3 Å². The molecule has 0 aliphatic heterocycles. The SMILES string of the molecule is Cc1sc(-n2cccc2)c(C(=O)NC(C2CC2)C2CC2)c1C. The summed E-state index contributed by atoms with van der Waals surface area (Å²) in [6, 6.07) is 4.41. The number of nitrogens with one attached hydrogen (secondary N) is 1. The van der Waals surface area contributed by atoms with Crippen LogP contribution >= 0.6 is 11.3 Å². The Kier molecular flexibility index (Phi) is 3.37. The molecule has 116 valence electrons. The van der Waals surface area contributed by atoms with E-state index in [4.69, 9.17) is 0 Å². The lowest BCUT2D eigenvalue weighted by molar-refractivity contribution is 0.0926. The maximum absolute atomic E-state index is 13.0. The Morgan fingerprint density at radius 1 is 1.18 bits per heavy atom.